The fraction of sp³-hybridized carbons (Fsp3) is 0.176. The van der Waals surface area contributed by atoms with E-state index in [0.717, 1.165) is 4.47 Å². The van der Waals surface area contributed by atoms with Gasteiger partial charge in [-0.15, -0.1) is 0 Å². The fourth-order valence-electron chi connectivity index (χ4n) is 1.86. The lowest BCUT2D eigenvalue weighted by molar-refractivity contribution is -0.148. The van der Waals surface area contributed by atoms with E-state index in [0.29, 0.717) is 20.8 Å². The van der Waals surface area contributed by atoms with Crippen LogP contribution in [0.15, 0.2) is 51.4 Å². The van der Waals surface area contributed by atoms with E-state index in [1.54, 1.807) is 42.5 Å². The van der Waals surface area contributed by atoms with E-state index >= 15 is 0 Å². The Morgan fingerprint density at radius 3 is 2.42 bits per heavy atom. The molecule has 0 spiro atoms. The van der Waals surface area contributed by atoms with Gasteiger partial charge in [0.05, 0.1) is 4.47 Å². The Morgan fingerprint density at radius 2 is 1.79 bits per heavy atom. The van der Waals surface area contributed by atoms with Crippen LogP contribution in [0.2, 0.25) is 5.02 Å². The number of benzene rings is 2. The molecule has 0 N–H and O–H groups in total. The van der Waals surface area contributed by atoms with Crippen molar-refractivity contribution in [3.05, 3.63) is 62.0 Å². The lowest BCUT2D eigenvalue weighted by Gasteiger charge is -2.13. The lowest BCUT2D eigenvalue weighted by Crippen LogP contribution is -2.27. The van der Waals surface area contributed by atoms with Crippen LogP contribution in [-0.2, 0) is 9.53 Å². The van der Waals surface area contributed by atoms with Crippen molar-refractivity contribution < 1.29 is 19.1 Å². The van der Waals surface area contributed by atoms with Crippen molar-refractivity contribution in [3.8, 4) is 5.75 Å². The number of ketones is 1. The summed E-state index contributed by atoms with van der Waals surface area (Å²) in [5.74, 6) is -0.443. The molecule has 0 amide bonds. The van der Waals surface area contributed by atoms with Gasteiger partial charge >= 0.3 is 5.97 Å². The summed E-state index contributed by atoms with van der Waals surface area (Å²) in [6, 6.07) is 11.8. The molecule has 2 rings (SSSR count). The predicted octanol–water partition coefficient (Wildman–Crippen LogP) is 5.06. The number of carbonyl (C=O) groups is 2. The molecule has 0 aliphatic rings. The number of rotatable bonds is 6. The van der Waals surface area contributed by atoms with Crippen LogP contribution in [0, 0.1) is 0 Å². The molecule has 0 fully saturated rings. The second-order valence-electron chi connectivity index (χ2n) is 4.87. The summed E-state index contributed by atoms with van der Waals surface area (Å²) in [6.45, 7) is 1.22. The molecule has 1 unspecified atom stereocenters. The fourth-order valence-corrected chi connectivity index (χ4v) is 2.92. The molecule has 0 saturated heterocycles. The van der Waals surface area contributed by atoms with E-state index in [1.165, 1.54) is 6.92 Å². The van der Waals surface area contributed by atoms with Gasteiger partial charge in [-0.3, -0.25) is 4.79 Å². The lowest BCUT2D eigenvalue weighted by atomic mass is 10.1. The first-order valence-electron chi connectivity index (χ1n) is 6.94. The monoisotopic (exact) mass is 474 g/mol. The maximum Gasteiger partial charge on any atom is 0.344 e. The van der Waals surface area contributed by atoms with E-state index in [2.05, 4.69) is 31.9 Å². The minimum atomic E-state index is -0.893. The third-order valence-corrected chi connectivity index (χ3v) is 4.43. The summed E-state index contributed by atoms with van der Waals surface area (Å²) in [5, 5.41) is 0.547. The Kier molecular flexibility index (Phi) is 6.83. The highest BCUT2D eigenvalue weighted by atomic mass is 79.9. The van der Waals surface area contributed by atoms with Gasteiger partial charge in [-0.05, 0) is 53.2 Å². The van der Waals surface area contributed by atoms with Crippen LogP contribution in [0.25, 0.3) is 0 Å². The minimum absolute atomic E-state index is 0.275. The van der Waals surface area contributed by atoms with Crippen LogP contribution < -0.4 is 4.74 Å². The molecule has 0 aromatic heterocycles. The average molecular weight is 477 g/mol. The molecule has 2 aromatic rings. The summed E-state index contributed by atoms with van der Waals surface area (Å²) in [7, 11) is 0. The first-order valence-corrected chi connectivity index (χ1v) is 8.90. The van der Waals surface area contributed by atoms with Crippen LogP contribution >= 0.6 is 43.5 Å². The molecule has 0 aliphatic carbocycles. The third-order valence-electron chi connectivity index (χ3n) is 3.05. The number of hydrogen-bond donors (Lipinski definition) is 0. The Hall–Kier alpha value is -1.37. The Labute approximate surface area is 161 Å². The Morgan fingerprint density at radius 1 is 1.12 bits per heavy atom. The largest absolute Gasteiger partial charge is 0.481 e. The number of hydrogen-bond acceptors (Lipinski definition) is 4. The number of Topliss-reactive ketones (excluding diaryl/α,β-unsaturated/α-hetero) is 1. The number of ether oxygens (including phenoxy) is 2. The first-order chi connectivity index (χ1) is 11.4. The highest BCUT2D eigenvalue weighted by molar-refractivity contribution is 9.10. The molecule has 4 nitrogen and oxygen atoms in total. The summed E-state index contributed by atoms with van der Waals surface area (Å²) < 4.78 is 12.0. The van der Waals surface area contributed by atoms with Gasteiger partial charge in [0.1, 0.15) is 5.75 Å². The second kappa shape index (κ2) is 8.65. The molecule has 2 aromatic carbocycles. The maximum absolute atomic E-state index is 12.2. The summed E-state index contributed by atoms with van der Waals surface area (Å²) >= 11 is 12.4. The normalized spacial score (nSPS) is 11.7. The SMILES string of the molecule is CC(OC(=O)COc1ccc(Cl)cc1Br)C(=O)c1ccc(Br)cc1. The minimum Gasteiger partial charge on any atom is -0.481 e. The van der Waals surface area contributed by atoms with E-state index in [4.69, 9.17) is 21.1 Å². The van der Waals surface area contributed by atoms with Crippen LogP contribution in [0.3, 0.4) is 0 Å². The molecule has 0 saturated carbocycles. The molecule has 0 heterocycles. The Balaban J connectivity index is 1.89. The van der Waals surface area contributed by atoms with Crippen molar-refractivity contribution >= 4 is 55.2 Å². The standard InChI is InChI=1S/C17H13Br2ClO4/c1-10(17(22)11-2-4-12(18)5-3-11)24-16(21)9-23-15-7-6-13(20)8-14(15)19/h2-8,10H,9H2,1H3. The van der Waals surface area contributed by atoms with Crippen molar-refractivity contribution in [2.45, 2.75) is 13.0 Å². The van der Waals surface area contributed by atoms with Gasteiger partial charge in [0.25, 0.3) is 0 Å². The van der Waals surface area contributed by atoms with Crippen LogP contribution in [0.4, 0.5) is 0 Å². The van der Waals surface area contributed by atoms with E-state index < -0.39 is 12.1 Å². The molecular weight excluding hydrogens is 463 g/mol. The average Bonchev–Trinajstić information content (AvgIpc) is 2.54. The topological polar surface area (TPSA) is 52.6 Å². The zero-order valence-corrected chi connectivity index (χ0v) is 16.5. The van der Waals surface area contributed by atoms with Gasteiger partial charge in [-0.25, -0.2) is 4.79 Å². The van der Waals surface area contributed by atoms with E-state index in [-0.39, 0.29) is 12.4 Å². The maximum atomic E-state index is 12.2. The zero-order chi connectivity index (χ0) is 17.7. The quantitative estimate of drug-likeness (QED) is 0.432. The van der Waals surface area contributed by atoms with Crippen molar-refractivity contribution in [1.82, 2.24) is 0 Å². The predicted molar refractivity (Wildman–Crippen MR) is 98.7 cm³/mol. The zero-order valence-electron chi connectivity index (χ0n) is 12.6. The summed E-state index contributed by atoms with van der Waals surface area (Å²) in [5.41, 5.74) is 0.472. The molecule has 1 atom stereocenters. The smallest absolute Gasteiger partial charge is 0.344 e. The molecule has 0 aliphatic heterocycles. The molecular formula is C17H13Br2ClO4. The highest BCUT2D eigenvalue weighted by Gasteiger charge is 2.20. The van der Waals surface area contributed by atoms with Crippen LogP contribution in [0.1, 0.15) is 17.3 Å². The molecule has 0 radical (unpaired) electrons. The van der Waals surface area contributed by atoms with E-state index in [1.807, 2.05) is 0 Å². The number of carbonyl (C=O) groups excluding carboxylic acids is 2. The number of halogens is 3. The first kappa shape index (κ1) is 19.0. The second-order valence-corrected chi connectivity index (χ2v) is 7.07. The molecule has 126 valence electrons. The van der Waals surface area contributed by atoms with E-state index in [9.17, 15) is 9.59 Å². The van der Waals surface area contributed by atoms with Crippen molar-refractivity contribution in [3.63, 3.8) is 0 Å². The summed E-state index contributed by atoms with van der Waals surface area (Å²) in [4.78, 5) is 24.0. The van der Waals surface area contributed by atoms with Crippen LogP contribution in [0.5, 0.6) is 5.75 Å². The van der Waals surface area contributed by atoms with Gasteiger partial charge < -0.3 is 9.47 Å². The summed E-state index contributed by atoms with van der Waals surface area (Å²) in [6.07, 6.45) is -0.893. The number of esters is 1. The van der Waals surface area contributed by atoms with Crippen molar-refractivity contribution in [2.24, 2.45) is 0 Å². The van der Waals surface area contributed by atoms with Crippen molar-refractivity contribution in [2.75, 3.05) is 6.61 Å². The van der Waals surface area contributed by atoms with Gasteiger partial charge in [-0.1, -0.05) is 39.7 Å². The molecule has 0 bridgehead atoms. The van der Waals surface area contributed by atoms with Gasteiger partial charge in [0, 0.05) is 15.1 Å². The molecule has 7 heteroatoms. The molecule has 24 heavy (non-hydrogen) atoms. The highest BCUT2D eigenvalue weighted by Crippen LogP contribution is 2.27. The van der Waals surface area contributed by atoms with Gasteiger partial charge in [0.2, 0.25) is 5.78 Å². The van der Waals surface area contributed by atoms with Crippen molar-refractivity contribution in [1.29, 1.82) is 0 Å². The Bertz CT molecular complexity index is 747. The third kappa shape index (κ3) is 5.33. The van der Waals surface area contributed by atoms with Gasteiger partial charge in [0.15, 0.2) is 12.7 Å². The van der Waals surface area contributed by atoms with Gasteiger partial charge in [-0.2, -0.15) is 0 Å². The van der Waals surface area contributed by atoms with Crippen LogP contribution in [-0.4, -0.2) is 24.5 Å².